The summed E-state index contributed by atoms with van der Waals surface area (Å²) in [6.07, 6.45) is 0. The van der Waals surface area contributed by atoms with Gasteiger partial charge < -0.3 is 18.3 Å². The van der Waals surface area contributed by atoms with Crippen molar-refractivity contribution in [2.45, 2.75) is 0 Å². The maximum Gasteiger partial charge on any atom is 0.0541 e. The molecule has 0 aliphatic rings. The number of hydrogen-bond acceptors (Lipinski definition) is 0. The molecule has 0 spiro atoms. The number of nitrogens with zero attached hydrogens (tertiary/aromatic N) is 4. The average molecular weight is 1350 g/mol. The molecule has 0 fully saturated rings. The molecule has 4 heteroatoms. The first kappa shape index (κ1) is 61.8. The van der Waals surface area contributed by atoms with Crippen molar-refractivity contribution in [3.63, 3.8) is 0 Å². The molecular weight excluding hydrogens is 1280 g/mol. The van der Waals surface area contributed by atoms with E-state index in [0.717, 1.165) is 44.8 Å². The molecule has 4 heterocycles. The first-order valence-electron chi connectivity index (χ1n) is 36.5. The Morgan fingerprint density at radius 1 is 0.113 bits per heavy atom. The molecule has 0 amide bonds. The fraction of sp³-hybridized carbons (Fsp3) is 0. The summed E-state index contributed by atoms with van der Waals surface area (Å²) in [4.78, 5) is 0. The van der Waals surface area contributed by atoms with Gasteiger partial charge in [0.1, 0.15) is 0 Å². The lowest BCUT2D eigenvalue weighted by Crippen LogP contribution is -2.02. The van der Waals surface area contributed by atoms with Crippen molar-refractivity contribution in [3.05, 3.63) is 413 Å². The highest BCUT2D eigenvalue weighted by molar-refractivity contribution is 6.17. The highest BCUT2D eigenvalue weighted by Crippen LogP contribution is 2.56. The van der Waals surface area contributed by atoms with Gasteiger partial charge in [-0.15, -0.1) is 0 Å². The molecule has 4 aromatic heterocycles. The lowest BCUT2D eigenvalue weighted by Gasteiger charge is -2.29. The van der Waals surface area contributed by atoms with Gasteiger partial charge in [-0.05, 0) is 175 Å². The fourth-order valence-corrected chi connectivity index (χ4v) is 16.9. The van der Waals surface area contributed by atoms with Gasteiger partial charge in [0.15, 0.2) is 0 Å². The van der Waals surface area contributed by atoms with E-state index < -0.39 is 0 Å². The van der Waals surface area contributed by atoms with Gasteiger partial charge in [0.25, 0.3) is 0 Å². The van der Waals surface area contributed by atoms with Gasteiger partial charge in [-0.2, -0.15) is 0 Å². The summed E-state index contributed by atoms with van der Waals surface area (Å²) in [5.41, 5.74) is 30.8. The SMILES string of the molecule is c1cc(-c2cccc(-n3c4ccccc4c4ccccc43)c2)cc(-n2c3ccccc3c3ccccc32)c1.c1ccc(-c2c(-c3ccccc3)c(-c3ccc(-n4c5ccccc5c5ccccc54)cc3)c(-c3ccccc3)c(-c3ccccc3)c2-c2ccc(-n3c4ccccc4c4ccccc43)cc2)cc1. The number of aromatic nitrogens is 4. The molecule has 496 valence electrons. The zero-order chi connectivity index (χ0) is 70.0. The molecule has 0 bridgehead atoms. The molecule has 0 aliphatic heterocycles. The van der Waals surface area contributed by atoms with Crippen LogP contribution in [0, 0.1) is 0 Å². The second-order valence-electron chi connectivity index (χ2n) is 27.4. The molecule has 21 rings (SSSR count). The predicted octanol–water partition coefficient (Wildman–Crippen LogP) is 27.4. The summed E-state index contributed by atoms with van der Waals surface area (Å²) < 4.78 is 9.57. The van der Waals surface area contributed by atoms with Crippen LogP contribution in [0.1, 0.15) is 0 Å². The summed E-state index contributed by atoms with van der Waals surface area (Å²) in [6.45, 7) is 0. The Hall–Kier alpha value is -14.1. The van der Waals surface area contributed by atoms with Crippen LogP contribution >= 0.6 is 0 Å². The van der Waals surface area contributed by atoms with E-state index in [2.05, 4.69) is 431 Å². The van der Waals surface area contributed by atoms with E-state index in [0.29, 0.717) is 0 Å². The first-order chi connectivity index (χ1) is 52.7. The highest BCUT2D eigenvalue weighted by Gasteiger charge is 2.30. The van der Waals surface area contributed by atoms with E-state index in [1.54, 1.807) is 0 Å². The Kier molecular flexibility index (Phi) is 15.2. The summed E-state index contributed by atoms with van der Waals surface area (Å²) >= 11 is 0. The van der Waals surface area contributed by atoms with Crippen molar-refractivity contribution < 1.29 is 0 Å². The zero-order valence-corrected chi connectivity index (χ0v) is 58.0. The second kappa shape index (κ2) is 26.1. The van der Waals surface area contributed by atoms with Crippen molar-refractivity contribution in [2.75, 3.05) is 0 Å². The van der Waals surface area contributed by atoms with Crippen LogP contribution in [0.4, 0.5) is 0 Å². The Morgan fingerprint density at radius 2 is 0.283 bits per heavy atom. The smallest absolute Gasteiger partial charge is 0.0541 e. The highest BCUT2D eigenvalue weighted by atomic mass is 15.0. The minimum Gasteiger partial charge on any atom is -0.309 e. The normalized spacial score (nSPS) is 11.6. The molecule has 0 aliphatic carbocycles. The van der Waals surface area contributed by atoms with Crippen molar-refractivity contribution in [1.29, 1.82) is 0 Å². The average Bonchev–Trinajstić information content (AvgIpc) is 0.992. The van der Waals surface area contributed by atoms with E-state index in [9.17, 15) is 0 Å². The molecule has 106 heavy (non-hydrogen) atoms. The summed E-state index contributed by atoms with van der Waals surface area (Å²) in [6, 6.07) is 150. The van der Waals surface area contributed by atoms with Gasteiger partial charge in [-0.3, -0.25) is 0 Å². The van der Waals surface area contributed by atoms with Gasteiger partial charge in [-0.25, -0.2) is 0 Å². The largest absolute Gasteiger partial charge is 0.309 e. The minimum absolute atomic E-state index is 1.13. The Labute approximate surface area is 614 Å². The summed E-state index contributed by atoms with van der Waals surface area (Å²) in [5.74, 6) is 0. The van der Waals surface area contributed by atoms with Gasteiger partial charge in [0.05, 0.1) is 44.1 Å². The molecule has 4 nitrogen and oxygen atoms in total. The van der Waals surface area contributed by atoms with Gasteiger partial charge in [0, 0.05) is 65.8 Å². The summed E-state index contributed by atoms with van der Waals surface area (Å²) in [5, 5.41) is 10.1. The van der Waals surface area contributed by atoms with Crippen molar-refractivity contribution in [1.82, 2.24) is 18.3 Å². The number of rotatable bonds is 11. The number of para-hydroxylation sites is 8. The first-order valence-corrected chi connectivity index (χ1v) is 36.5. The van der Waals surface area contributed by atoms with Crippen LogP contribution in [0.25, 0.3) is 188 Å². The van der Waals surface area contributed by atoms with Crippen LogP contribution in [0.3, 0.4) is 0 Å². The molecule has 17 aromatic carbocycles. The molecular formula is C102H68N4. The maximum absolute atomic E-state index is 2.40. The fourth-order valence-electron chi connectivity index (χ4n) is 16.9. The third-order valence-electron chi connectivity index (χ3n) is 21.4. The van der Waals surface area contributed by atoms with Crippen LogP contribution < -0.4 is 0 Å². The standard InChI is InChI=1S/C66H44N2.C36H24N2/c1-5-21-45(22-6-1)61-62(46-23-7-2-8-24-46)66(50-39-43-52(44-40-50)68-59-35-19-15-31-55(59)56-32-16-20-36-60(56)68)64(48-27-11-4-12-28-48)63(47-25-9-3-10-26-47)65(61)49-37-41-51(42-38-49)67-57-33-17-13-29-53(57)54-30-14-18-34-58(54)67;1-5-19-33-29(15-1)30-16-2-6-20-34(30)37(33)27-13-9-11-25(23-27)26-12-10-14-28(24-26)38-35-21-7-3-17-31(35)32-18-4-8-22-36(32)38/h1-44H;1-24H. The van der Waals surface area contributed by atoms with Crippen LogP contribution in [0.2, 0.25) is 0 Å². The third-order valence-corrected chi connectivity index (χ3v) is 21.4. The van der Waals surface area contributed by atoms with Crippen molar-refractivity contribution in [2.24, 2.45) is 0 Å². The van der Waals surface area contributed by atoms with Gasteiger partial charge in [0.2, 0.25) is 0 Å². The predicted molar refractivity (Wildman–Crippen MR) is 448 cm³/mol. The summed E-state index contributed by atoms with van der Waals surface area (Å²) in [7, 11) is 0. The molecule has 0 N–H and O–H groups in total. The molecule has 0 saturated heterocycles. The molecule has 0 atom stereocenters. The molecule has 21 aromatic rings. The van der Waals surface area contributed by atoms with Gasteiger partial charge >= 0.3 is 0 Å². The van der Waals surface area contributed by atoms with Crippen LogP contribution in [0.5, 0.6) is 0 Å². The Morgan fingerprint density at radius 3 is 0.500 bits per heavy atom. The number of fused-ring (bicyclic) bond motifs is 12. The van der Waals surface area contributed by atoms with Crippen molar-refractivity contribution in [3.8, 4) is 101 Å². The quantitative estimate of drug-likeness (QED) is 0.123. The Bertz CT molecular complexity index is 6160. The van der Waals surface area contributed by atoms with E-state index in [4.69, 9.17) is 0 Å². The minimum atomic E-state index is 1.13. The van der Waals surface area contributed by atoms with E-state index in [1.807, 2.05) is 0 Å². The van der Waals surface area contributed by atoms with E-state index in [1.165, 1.54) is 143 Å². The van der Waals surface area contributed by atoms with Gasteiger partial charge in [-0.1, -0.05) is 315 Å². The van der Waals surface area contributed by atoms with Crippen LogP contribution in [-0.4, -0.2) is 18.3 Å². The molecule has 0 unspecified atom stereocenters. The topological polar surface area (TPSA) is 19.7 Å². The van der Waals surface area contributed by atoms with E-state index in [-0.39, 0.29) is 0 Å². The molecule has 0 saturated carbocycles. The second-order valence-corrected chi connectivity index (χ2v) is 27.4. The van der Waals surface area contributed by atoms with Crippen LogP contribution in [0.15, 0.2) is 413 Å². The van der Waals surface area contributed by atoms with E-state index >= 15 is 0 Å². The third kappa shape index (κ3) is 10.4. The zero-order valence-electron chi connectivity index (χ0n) is 58.0. The maximum atomic E-state index is 2.40. The lowest BCUT2D eigenvalue weighted by atomic mass is 9.74. The monoisotopic (exact) mass is 1350 g/mol. The Balaban J connectivity index is 0.000000165. The van der Waals surface area contributed by atoms with Crippen LogP contribution in [-0.2, 0) is 0 Å². The number of benzene rings is 17. The lowest BCUT2D eigenvalue weighted by molar-refractivity contribution is 1.17. The molecule has 0 radical (unpaired) electrons. The van der Waals surface area contributed by atoms with Crippen molar-refractivity contribution >= 4 is 87.2 Å². The number of hydrogen-bond donors (Lipinski definition) is 0.